The van der Waals surface area contributed by atoms with Crippen LogP contribution < -0.4 is 18.9 Å². The molecule has 6 aromatic rings. The SMILES string of the molecule is O=C(/C=C/c1ccc(OCCCCCCOc2c(-c3ccc(C(=O)O)c(C(=O)O)c3OCCCCCCOc3ccc(/C=C/C(=O)c4ccc(F)cc4)cc3)ccc(C(=O)O)c2C(=O)O)cc1)c1ccc(F)cc1. The highest BCUT2D eigenvalue weighted by atomic mass is 19.1. The lowest BCUT2D eigenvalue weighted by atomic mass is 9.93. The minimum atomic E-state index is -1.62. The number of rotatable bonds is 29. The summed E-state index contributed by atoms with van der Waals surface area (Å²) in [6.45, 7) is 0.650. The zero-order valence-electron chi connectivity index (χ0n) is 40.0. The number of unbranched alkanes of at least 4 members (excludes halogenated alkanes) is 6. The van der Waals surface area contributed by atoms with E-state index in [9.17, 15) is 58.0 Å². The highest BCUT2D eigenvalue weighted by Gasteiger charge is 2.30. The number of carboxylic acid groups (broad SMARTS) is 4. The molecule has 0 amide bonds. The first kappa shape index (κ1) is 54.4. The monoisotopic (exact) mass is 1010 g/mol. The van der Waals surface area contributed by atoms with Gasteiger partial charge in [-0.1, -0.05) is 36.4 Å². The second-order valence-electron chi connectivity index (χ2n) is 16.7. The molecule has 0 aliphatic heterocycles. The van der Waals surface area contributed by atoms with Gasteiger partial charge in [0.1, 0.15) is 45.8 Å². The summed E-state index contributed by atoms with van der Waals surface area (Å²) in [6, 6.07) is 29.4. The molecule has 0 radical (unpaired) electrons. The standard InChI is InChI=1S/C58H52F2O14/c59-41-19-15-39(16-20-41)49(61)31-13-37-9-23-43(24-10-37)71-33-5-1-3-7-35-73-53-45(27-29-47(55(63)64)51(53)57(67)68)46-28-30-48(56(65)66)52(58(69)70)54(46)74-36-8-4-2-6-34-72-44-25-11-38(12-26-44)14-32-50(62)40-17-21-42(60)22-18-40/h9-32H,1-8,33-36H2,(H,63,64)(H,65,66)(H,67,68)(H,69,70)/b31-13+,32-14+. The number of hydrogen-bond acceptors (Lipinski definition) is 10. The second-order valence-corrected chi connectivity index (χ2v) is 16.7. The Kier molecular flexibility index (Phi) is 19.9. The third-order valence-electron chi connectivity index (χ3n) is 11.5. The normalized spacial score (nSPS) is 11.1. The maximum absolute atomic E-state index is 13.2. The molecule has 0 bridgehead atoms. The summed E-state index contributed by atoms with van der Waals surface area (Å²) in [4.78, 5) is 74.6. The van der Waals surface area contributed by atoms with Gasteiger partial charge in [0.15, 0.2) is 11.6 Å². The fraction of sp³-hybridized carbons (Fsp3) is 0.207. The molecule has 382 valence electrons. The number of carboxylic acids is 4. The van der Waals surface area contributed by atoms with Gasteiger partial charge in [-0.15, -0.1) is 0 Å². The van der Waals surface area contributed by atoms with E-state index in [0.29, 0.717) is 87.2 Å². The summed E-state index contributed by atoms with van der Waals surface area (Å²) in [5.74, 6) is -7.19. The highest BCUT2D eigenvalue weighted by molar-refractivity contribution is 6.09. The lowest BCUT2D eigenvalue weighted by Crippen LogP contribution is -2.15. The fourth-order valence-electron chi connectivity index (χ4n) is 7.63. The van der Waals surface area contributed by atoms with Gasteiger partial charge in [0.2, 0.25) is 0 Å². The van der Waals surface area contributed by atoms with Crippen LogP contribution in [0.25, 0.3) is 23.3 Å². The van der Waals surface area contributed by atoms with Crippen molar-refractivity contribution in [1.29, 1.82) is 0 Å². The molecular formula is C58H52F2O14. The molecule has 0 fully saturated rings. The molecular weight excluding hydrogens is 959 g/mol. The van der Waals surface area contributed by atoms with Crippen molar-refractivity contribution in [3.8, 4) is 34.1 Å². The molecule has 14 nitrogen and oxygen atoms in total. The van der Waals surface area contributed by atoms with Crippen LogP contribution in [0.2, 0.25) is 0 Å². The first-order valence-corrected chi connectivity index (χ1v) is 23.6. The van der Waals surface area contributed by atoms with E-state index in [1.165, 1.54) is 72.8 Å². The van der Waals surface area contributed by atoms with Gasteiger partial charge in [0, 0.05) is 22.3 Å². The van der Waals surface area contributed by atoms with Crippen molar-refractivity contribution in [2.24, 2.45) is 0 Å². The number of hydrogen-bond donors (Lipinski definition) is 4. The van der Waals surface area contributed by atoms with E-state index in [1.807, 2.05) is 0 Å². The Hall–Kier alpha value is -8.92. The molecule has 6 rings (SSSR count). The zero-order valence-corrected chi connectivity index (χ0v) is 40.0. The summed E-state index contributed by atoms with van der Waals surface area (Å²) in [5.41, 5.74) is -0.295. The van der Waals surface area contributed by atoms with Gasteiger partial charge in [0.25, 0.3) is 0 Å². The summed E-state index contributed by atoms with van der Waals surface area (Å²) in [6.07, 6.45) is 10.8. The molecule has 16 heteroatoms. The maximum atomic E-state index is 13.2. The number of ether oxygens (including phenoxy) is 4. The average molecular weight is 1010 g/mol. The number of benzene rings is 6. The number of aromatic carboxylic acids is 4. The van der Waals surface area contributed by atoms with Crippen LogP contribution in [0.5, 0.6) is 23.0 Å². The van der Waals surface area contributed by atoms with Crippen molar-refractivity contribution in [3.63, 3.8) is 0 Å². The van der Waals surface area contributed by atoms with Gasteiger partial charge in [0.05, 0.1) is 37.6 Å². The van der Waals surface area contributed by atoms with E-state index in [0.717, 1.165) is 23.3 Å². The Morgan fingerprint density at radius 3 is 1.01 bits per heavy atom. The Labute approximate surface area is 424 Å². The van der Waals surface area contributed by atoms with Crippen molar-refractivity contribution in [2.75, 3.05) is 26.4 Å². The Morgan fingerprint density at radius 2 is 0.703 bits per heavy atom. The number of carbonyl (C=O) groups excluding carboxylic acids is 2. The molecule has 0 heterocycles. The van der Waals surface area contributed by atoms with E-state index < -0.39 is 57.8 Å². The van der Waals surface area contributed by atoms with Gasteiger partial charge >= 0.3 is 23.9 Å². The average Bonchev–Trinajstić information content (AvgIpc) is 3.39. The van der Waals surface area contributed by atoms with Crippen molar-refractivity contribution in [2.45, 2.75) is 51.4 Å². The maximum Gasteiger partial charge on any atom is 0.340 e. The van der Waals surface area contributed by atoms with Crippen LogP contribution in [0.15, 0.2) is 133 Å². The first-order chi connectivity index (χ1) is 35.7. The lowest BCUT2D eigenvalue weighted by Gasteiger charge is -2.20. The predicted molar refractivity (Wildman–Crippen MR) is 271 cm³/mol. The topological polar surface area (TPSA) is 220 Å². The molecule has 74 heavy (non-hydrogen) atoms. The number of halogens is 2. The number of carbonyl (C=O) groups is 6. The minimum absolute atomic E-state index is 0.0177. The molecule has 0 aliphatic rings. The minimum Gasteiger partial charge on any atom is -0.494 e. The molecule has 0 saturated heterocycles. The lowest BCUT2D eigenvalue weighted by molar-refractivity contribution is 0.0647. The van der Waals surface area contributed by atoms with Crippen molar-refractivity contribution in [1.82, 2.24) is 0 Å². The molecule has 0 atom stereocenters. The smallest absolute Gasteiger partial charge is 0.340 e. The molecule has 0 aromatic heterocycles. The van der Waals surface area contributed by atoms with Crippen molar-refractivity contribution in [3.05, 3.63) is 190 Å². The molecule has 0 saturated carbocycles. The third kappa shape index (κ3) is 15.5. The predicted octanol–water partition coefficient (Wildman–Crippen LogP) is 12.3. The van der Waals surface area contributed by atoms with Crippen LogP contribution in [0.3, 0.4) is 0 Å². The van der Waals surface area contributed by atoms with Crippen LogP contribution in [0.4, 0.5) is 8.78 Å². The second kappa shape index (κ2) is 27.1. The Morgan fingerprint density at radius 1 is 0.378 bits per heavy atom. The van der Waals surface area contributed by atoms with Gasteiger partial charge in [-0.3, -0.25) is 9.59 Å². The van der Waals surface area contributed by atoms with Crippen LogP contribution in [-0.2, 0) is 0 Å². The van der Waals surface area contributed by atoms with Crippen LogP contribution in [0.1, 0.15) is 125 Å². The summed E-state index contributed by atoms with van der Waals surface area (Å²) < 4.78 is 50.2. The zero-order chi connectivity index (χ0) is 53.0. The highest BCUT2D eigenvalue weighted by Crippen LogP contribution is 2.43. The summed E-state index contributed by atoms with van der Waals surface area (Å²) >= 11 is 0. The molecule has 0 spiro atoms. The van der Waals surface area contributed by atoms with E-state index in [2.05, 4.69) is 0 Å². The van der Waals surface area contributed by atoms with E-state index in [-0.39, 0.29) is 47.4 Å². The van der Waals surface area contributed by atoms with Gasteiger partial charge in [-0.25, -0.2) is 28.0 Å². The van der Waals surface area contributed by atoms with Crippen LogP contribution >= 0.6 is 0 Å². The molecule has 0 unspecified atom stereocenters. The van der Waals surface area contributed by atoms with Crippen molar-refractivity contribution >= 4 is 47.6 Å². The molecule has 4 N–H and O–H groups in total. The number of allylic oxidation sites excluding steroid dienone is 2. The van der Waals surface area contributed by atoms with E-state index >= 15 is 0 Å². The van der Waals surface area contributed by atoms with Gasteiger partial charge < -0.3 is 39.4 Å². The number of ketones is 2. The summed E-state index contributed by atoms with van der Waals surface area (Å²) in [7, 11) is 0. The van der Waals surface area contributed by atoms with Crippen LogP contribution in [-0.4, -0.2) is 82.3 Å². The Balaban J connectivity index is 1.02. The van der Waals surface area contributed by atoms with Crippen molar-refractivity contribution < 1.29 is 76.9 Å². The Bertz CT molecular complexity index is 2790. The fourth-order valence-corrected chi connectivity index (χ4v) is 7.63. The molecule has 0 aliphatic carbocycles. The van der Waals surface area contributed by atoms with Gasteiger partial charge in [-0.05, 0) is 172 Å². The third-order valence-corrected chi connectivity index (χ3v) is 11.5. The molecule has 6 aromatic carbocycles. The van der Waals surface area contributed by atoms with E-state index in [1.54, 1.807) is 60.7 Å². The quantitative estimate of drug-likeness (QED) is 0.0195. The van der Waals surface area contributed by atoms with E-state index in [4.69, 9.17) is 18.9 Å². The summed E-state index contributed by atoms with van der Waals surface area (Å²) in [5, 5.41) is 40.5. The van der Waals surface area contributed by atoms with Crippen LogP contribution in [0, 0.1) is 11.6 Å². The first-order valence-electron chi connectivity index (χ1n) is 23.6. The largest absolute Gasteiger partial charge is 0.494 e. The van der Waals surface area contributed by atoms with Gasteiger partial charge in [-0.2, -0.15) is 0 Å².